The standard InChI is InChI=1S/C27H32F2N4O4S/c1-38(36,37)14-20(34)11-23-24-22(31-33(23)9-7-17-2-3-17)12-26(30-25(24)35)8-6-19-10-18(4-5-21(19)26)13-32-15-27(28,29)16-32/h4-5,10,17H,2-3,6-9,11-16H2,1H3,(H,30,35)/t26-/m0/s1. The first kappa shape index (κ1) is 25.6. The number of carbonyl (C=O) groups is 2. The van der Waals surface area contributed by atoms with Crippen LogP contribution in [0.3, 0.4) is 0 Å². The van der Waals surface area contributed by atoms with E-state index in [1.807, 2.05) is 12.1 Å². The van der Waals surface area contributed by atoms with Crippen LogP contribution in [0.15, 0.2) is 18.2 Å². The summed E-state index contributed by atoms with van der Waals surface area (Å²) in [6.07, 6.45) is 6.10. The van der Waals surface area contributed by atoms with Crippen LogP contribution in [0, 0.1) is 5.92 Å². The third-order valence-corrected chi connectivity index (χ3v) is 9.08. The van der Waals surface area contributed by atoms with Gasteiger partial charge >= 0.3 is 0 Å². The summed E-state index contributed by atoms with van der Waals surface area (Å²) in [4.78, 5) is 27.9. The molecule has 11 heteroatoms. The van der Waals surface area contributed by atoms with E-state index in [1.54, 1.807) is 9.58 Å². The van der Waals surface area contributed by atoms with E-state index < -0.39 is 32.8 Å². The maximum absolute atomic E-state index is 13.6. The van der Waals surface area contributed by atoms with Crippen LogP contribution >= 0.6 is 0 Å². The number of aromatic nitrogens is 2. The predicted octanol–water partition coefficient (Wildman–Crippen LogP) is 2.42. The Morgan fingerprint density at radius 3 is 2.68 bits per heavy atom. The number of sulfone groups is 1. The lowest BCUT2D eigenvalue weighted by atomic mass is 9.82. The minimum Gasteiger partial charge on any atom is -0.342 e. The van der Waals surface area contributed by atoms with Crippen molar-refractivity contribution in [1.29, 1.82) is 0 Å². The lowest BCUT2D eigenvalue weighted by molar-refractivity contribution is -0.133. The molecule has 38 heavy (non-hydrogen) atoms. The molecule has 2 fully saturated rings. The molecule has 1 saturated heterocycles. The molecule has 2 aromatic rings. The molecule has 1 aromatic carbocycles. The van der Waals surface area contributed by atoms with Gasteiger partial charge in [-0.2, -0.15) is 5.10 Å². The van der Waals surface area contributed by atoms with Crippen LogP contribution in [-0.4, -0.2) is 65.8 Å². The van der Waals surface area contributed by atoms with Crippen molar-refractivity contribution in [2.45, 2.75) is 69.5 Å². The minimum absolute atomic E-state index is 0.143. The van der Waals surface area contributed by atoms with Gasteiger partial charge in [0.25, 0.3) is 11.8 Å². The molecular weight excluding hydrogens is 514 g/mol. The van der Waals surface area contributed by atoms with Crippen molar-refractivity contribution >= 4 is 21.5 Å². The Bertz CT molecular complexity index is 1420. The number of ketones is 1. The number of hydrogen-bond donors (Lipinski definition) is 1. The summed E-state index contributed by atoms with van der Waals surface area (Å²) in [6, 6.07) is 6.01. The van der Waals surface area contributed by atoms with Crippen molar-refractivity contribution in [3.63, 3.8) is 0 Å². The summed E-state index contributed by atoms with van der Waals surface area (Å²) >= 11 is 0. The number of aryl methyl sites for hydroxylation is 2. The highest BCUT2D eigenvalue weighted by Crippen LogP contribution is 2.43. The average molecular weight is 547 g/mol. The number of alkyl halides is 2. The molecule has 8 nitrogen and oxygen atoms in total. The Hall–Kier alpha value is -2.66. The molecule has 0 unspecified atom stereocenters. The zero-order chi connectivity index (χ0) is 26.9. The van der Waals surface area contributed by atoms with E-state index in [1.165, 1.54) is 12.8 Å². The highest BCUT2D eigenvalue weighted by molar-refractivity contribution is 7.91. The second kappa shape index (κ2) is 8.94. The summed E-state index contributed by atoms with van der Waals surface area (Å²) in [6.45, 7) is 0.633. The van der Waals surface area contributed by atoms with Crippen LogP contribution in [0.2, 0.25) is 0 Å². The summed E-state index contributed by atoms with van der Waals surface area (Å²) < 4.78 is 51.6. The second-order valence-electron chi connectivity index (χ2n) is 11.7. The van der Waals surface area contributed by atoms with Crippen LogP contribution in [0.25, 0.3) is 0 Å². The van der Waals surface area contributed by atoms with E-state index in [9.17, 15) is 26.8 Å². The number of amides is 1. The molecule has 1 aromatic heterocycles. The van der Waals surface area contributed by atoms with Gasteiger partial charge in [0.15, 0.2) is 15.6 Å². The Balaban J connectivity index is 1.26. The number of rotatable bonds is 9. The fraction of sp³-hybridized carbons (Fsp3) is 0.593. The molecule has 2 aliphatic carbocycles. The van der Waals surface area contributed by atoms with Gasteiger partial charge in [-0.1, -0.05) is 31.0 Å². The van der Waals surface area contributed by atoms with E-state index >= 15 is 0 Å². The van der Waals surface area contributed by atoms with Gasteiger partial charge in [0.2, 0.25) is 0 Å². The van der Waals surface area contributed by atoms with E-state index in [-0.39, 0.29) is 25.4 Å². The van der Waals surface area contributed by atoms with E-state index in [4.69, 9.17) is 5.10 Å². The molecule has 1 N–H and O–H groups in total. The van der Waals surface area contributed by atoms with Gasteiger partial charge in [0.05, 0.1) is 42.0 Å². The summed E-state index contributed by atoms with van der Waals surface area (Å²) in [5.74, 6) is -3.26. The molecule has 0 radical (unpaired) electrons. The number of halogens is 2. The molecule has 1 atom stereocenters. The number of fused-ring (bicyclic) bond motifs is 3. The van der Waals surface area contributed by atoms with Crippen LogP contribution < -0.4 is 5.32 Å². The Kier molecular flexibility index (Phi) is 6.03. The number of likely N-dealkylation sites (tertiary alicyclic amines) is 1. The Morgan fingerprint density at radius 2 is 2.00 bits per heavy atom. The van der Waals surface area contributed by atoms with Crippen molar-refractivity contribution in [2.75, 3.05) is 25.1 Å². The number of Topliss-reactive ketones (excluding diaryl/α,β-unsaturated/α-hetero) is 1. The van der Waals surface area contributed by atoms with Crippen LogP contribution in [0.4, 0.5) is 8.78 Å². The molecule has 3 heterocycles. The lowest BCUT2D eigenvalue weighted by Gasteiger charge is -2.39. The number of carbonyl (C=O) groups excluding carboxylic acids is 2. The molecule has 4 aliphatic rings. The molecule has 2 aliphatic heterocycles. The zero-order valence-corrected chi connectivity index (χ0v) is 22.2. The maximum Gasteiger partial charge on any atom is 0.272 e. The van der Waals surface area contributed by atoms with E-state index in [0.717, 1.165) is 35.8 Å². The zero-order valence-electron chi connectivity index (χ0n) is 21.4. The minimum atomic E-state index is -3.48. The van der Waals surface area contributed by atoms with Crippen LogP contribution in [0.1, 0.15) is 64.1 Å². The quantitative estimate of drug-likeness (QED) is 0.519. The van der Waals surface area contributed by atoms with Gasteiger partial charge in [-0.3, -0.25) is 19.2 Å². The van der Waals surface area contributed by atoms with Crippen molar-refractivity contribution in [1.82, 2.24) is 20.0 Å². The SMILES string of the molecule is CS(=O)(=O)CC(=O)Cc1c2c(nn1CCC1CC1)C[C@]1(CCc3cc(CN4CC(F)(F)C4)ccc31)NC2=O. The molecular formula is C27H32F2N4O4S. The van der Waals surface area contributed by atoms with Crippen molar-refractivity contribution in [3.05, 3.63) is 51.8 Å². The first-order valence-corrected chi connectivity index (χ1v) is 15.3. The van der Waals surface area contributed by atoms with Gasteiger partial charge in [-0.05, 0) is 41.9 Å². The molecule has 1 amide bonds. The fourth-order valence-electron chi connectivity index (χ4n) is 6.35. The summed E-state index contributed by atoms with van der Waals surface area (Å²) in [5.41, 5.74) is 4.05. The van der Waals surface area contributed by atoms with Crippen molar-refractivity contribution in [3.8, 4) is 0 Å². The molecule has 1 saturated carbocycles. The van der Waals surface area contributed by atoms with Gasteiger partial charge in [0.1, 0.15) is 5.75 Å². The van der Waals surface area contributed by atoms with E-state index in [2.05, 4.69) is 11.4 Å². The third kappa shape index (κ3) is 5.02. The topological polar surface area (TPSA) is 101 Å². The number of nitrogens with one attached hydrogen (secondary N) is 1. The summed E-state index contributed by atoms with van der Waals surface area (Å²) in [5, 5.41) is 8.03. The molecule has 0 bridgehead atoms. The third-order valence-electron chi connectivity index (χ3n) is 8.24. The van der Waals surface area contributed by atoms with Gasteiger partial charge in [-0.25, -0.2) is 17.2 Å². The normalized spacial score (nSPS) is 24.1. The van der Waals surface area contributed by atoms with Gasteiger partial charge in [0, 0.05) is 25.8 Å². The fourth-order valence-corrected chi connectivity index (χ4v) is 7.03. The lowest BCUT2D eigenvalue weighted by Crippen LogP contribution is -2.55. The first-order valence-electron chi connectivity index (χ1n) is 13.2. The second-order valence-corrected chi connectivity index (χ2v) is 13.9. The number of hydrogen-bond acceptors (Lipinski definition) is 6. The highest BCUT2D eigenvalue weighted by atomic mass is 32.2. The monoisotopic (exact) mass is 546 g/mol. The first-order chi connectivity index (χ1) is 17.9. The number of benzene rings is 1. The van der Waals surface area contributed by atoms with Crippen LogP contribution in [-0.2, 0) is 52.5 Å². The highest BCUT2D eigenvalue weighted by Gasteiger charge is 2.47. The molecule has 6 rings (SSSR count). The van der Waals surface area contributed by atoms with Gasteiger partial charge < -0.3 is 5.32 Å². The predicted molar refractivity (Wildman–Crippen MR) is 136 cm³/mol. The molecule has 204 valence electrons. The smallest absolute Gasteiger partial charge is 0.272 e. The Labute approximate surface area is 220 Å². The average Bonchev–Trinajstić information content (AvgIpc) is 3.48. The van der Waals surface area contributed by atoms with Crippen molar-refractivity contribution in [2.24, 2.45) is 5.92 Å². The molecule has 1 spiro atoms. The maximum atomic E-state index is 13.6. The Morgan fingerprint density at radius 1 is 1.24 bits per heavy atom. The van der Waals surface area contributed by atoms with Crippen LogP contribution in [0.5, 0.6) is 0 Å². The van der Waals surface area contributed by atoms with Gasteiger partial charge in [-0.15, -0.1) is 0 Å². The van der Waals surface area contributed by atoms with Crippen molar-refractivity contribution < 1.29 is 26.8 Å². The number of nitrogens with zero attached hydrogens (tertiary/aromatic N) is 3. The van der Waals surface area contributed by atoms with E-state index in [0.29, 0.717) is 48.8 Å². The summed E-state index contributed by atoms with van der Waals surface area (Å²) in [7, 11) is -3.48. The largest absolute Gasteiger partial charge is 0.342 e.